The topological polar surface area (TPSA) is 68.9 Å². The molecule has 0 saturated heterocycles. The highest BCUT2D eigenvalue weighted by Gasteiger charge is 2.21. The first-order valence-electron chi connectivity index (χ1n) is 12.1. The molecule has 0 aliphatic rings. The Morgan fingerprint density at radius 1 is 1.06 bits per heavy atom. The molecule has 0 atom stereocenters. The number of carbonyl (C=O) groups excluding carboxylic acids is 1. The standard InChI is InChI=1S/C28H31FN4O2/c1-5-20-10-12-21(13-11-20)17-30-25(34)15-14-24-18(3)26-19(4)31-33(23-9-7-8-22(29)16-23)27(26)32(6-2)28(24)35/h7-13,16H,5-6,14-15,17H2,1-4H3,(H,30,34). The smallest absolute Gasteiger partial charge is 0.255 e. The zero-order valence-electron chi connectivity index (χ0n) is 20.7. The summed E-state index contributed by atoms with van der Waals surface area (Å²) in [4.78, 5) is 26.0. The van der Waals surface area contributed by atoms with E-state index in [2.05, 4.69) is 29.5 Å². The molecule has 0 spiro atoms. The van der Waals surface area contributed by atoms with Gasteiger partial charge in [-0.15, -0.1) is 0 Å². The average molecular weight is 475 g/mol. The van der Waals surface area contributed by atoms with Crippen molar-refractivity contribution < 1.29 is 9.18 Å². The number of nitrogens with one attached hydrogen (secondary N) is 1. The normalized spacial score (nSPS) is 11.2. The van der Waals surface area contributed by atoms with Crippen LogP contribution in [0.5, 0.6) is 0 Å². The van der Waals surface area contributed by atoms with Gasteiger partial charge in [0.15, 0.2) is 0 Å². The lowest BCUT2D eigenvalue weighted by Crippen LogP contribution is -2.28. The number of halogens is 1. The summed E-state index contributed by atoms with van der Waals surface area (Å²) in [6.07, 6.45) is 1.54. The van der Waals surface area contributed by atoms with E-state index in [1.807, 2.05) is 32.9 Å². The number of benzene rings is 2. The van der Waals surface area contributed by atoms with Crippen LogP contribution in [0.3, 0.4) is 0 Å². The second-order valence-electron chi connectivity index (χ2n) is 8.78. The number of hydrogen-bond acceptors (Lipinski definition) is 3. The molecule has 1 amide bonds. The summed E-state index contributed by atoms with van der Waals surface area (Å²) in [6, 6.07) is 14.4. The maximum atomic E-state index is 13.9. The summed E-state index contributed by atoms with van der Waals surface area (Å²) in [5, 5.41) is 8.45. The molecule has 0 bridgehead atoms. The molecule has 2 heterocycles. The largest absolute Gasteiger partial charge is 0.352 e. The zero-order valence-corrected chi connectivity index (χ0v) is 20.7. The minimum absolute atomic E-state index is 0.0984. The minimum Gasteiger partial charge on any atom is -0.352 e. The molecule has 0 fully saturated rings. The van der Waals surface area contributed by atoms with Crippen LogP contribution in [0, 0.1) is 19.7 Å². The van der Waals surface area contributed by atoms with E-state index in [4.69, 9.17) is 0 Å². The molecule has 7 heteroatoms. The monoisotopic (exact) mass is 474 g/mol. The van der Waals surface area contributed by atoms with Crippen LogP contribution in [0.25, 0.3) is 16.7 Å². The van der Waals surface area contributed by atoms with E-state index in [1.165, 1.54) is 17.7 Å². The van der Waals surface area contributed by atoms with Crippen LogP contribution in [0.1, 0.15) is 48.2 Å². The summed E-state index contributed by atoms with van der Waals surface area (Å²) >= 11 is 0. The average Bonchev–Trinajstić information content (AvgIpc) is 3.20. The van der Waals surface area contributed by atoms with E-state index in [0.29, 0.717) is 36.4 Å². The summed E-state index contributed by atoms with van der Waals surface area (Å²) in [5.41, 5.74) is 5.55. The van der Waals surface area contributed by atoms with Gasteiger partial charge in [0.25, 0.3) is 5.56 Å². The molecule has 2 aromatic carbocycles. The van der Waals surface area contributed by atoms with Crippen LogP contribution < -0.4 is 10.9 Å². The van der Waals surface area contributed by atoms with Gasteiger partial charge in [0.1, 0.15) is 11.5 Å². The van der Waals surface area contributed by atoms with E-state index in [1.54, 1.807) is 21.4 Å². The van der Waals surface area contributed by atoms with Crippen LogP contribution in [-0.2, 0) is 30.7 Å². The Labute approximate surface area is 204 Å². The Balaban J connectivity index is 1.60. The predicted octanol–water partition coefficient (Wildman–Crippen LogP) is 4.77. The van der Waals surface area contributed by atoms with Gasteiger partial charge >= 0.3 is 0 Å². The van der Waals surface area contributed by atoms with Crippen molar-refractivity contribution in [3.8, 4) is 5.69 Å². The molecule has 0 unspecified atom stereocenters. The number of aryl methyl sites for hydroxylation is 4. The van der Waals surface area contributed by atoms with Crippen LogP contribution in [0.4, 0.5) is 4.39 Å². The van der Waals surface area contributed by atoms with E-state index >= 15 is 0 Å². The third kappa shape index (κ3) is 4.90. The molecule has 2 aromatic heterocycles. The number of carbonyl (C=O) groups is 1. The fraction of sp³-hybridized carbons (Fsp3) is 0.321. The van der Waals surface area contributed by atoms with Crippen LogP contribution in [-0.4, -0.2) is 20.3 Å². The Morgan fingerprint density at radius 3 is 2.43 bits per heavy atom. The molecule has 6 nitrogen and oxygen atoms in total. The summed E-state index contributed by atoms with van der Waals surface area (Å²) < 4.78 is 17.2. The van der Waals surface area contributed by atoms with E-state index < -0.39 is 0 Å². The summed E-state index contributed by atoms with van der Waals surface area (Å²) in [7, 11) is 0. The first kappa shape index (κ1) is 24.4. The second-order valence-corrected chi connectivity index (χ2v) is 8.78. The number of aromatic nitrogens is 3. The lowest BCUT2D eigenvalue weighted by molar-refractivity contribution is -0.121. The van der Waals surface area contributed by atoms with Crippen LogP contribution in [0.2, 0.25) is 0 Å². The zero-order chi connectivity index (χ0) is 25.1. The Kier molecular flexibility index (Phi) is 7.15. The molecule has 0 aliphatic heterocycles. The van der Waals surface area contributed by atoms with Gasteiger partial charge < -0.3 is 5.32 Å². The molecule has 182 valence electrons. The molecule has 4 aromatic rings. The number of rotatable bonds is 8. The van der Waals surface area contributed by atoms with Gasteiger partial charge in [0.05, 0.1) is 11.4 Å². The molecule has 35 heavy (non-hydrogen) atoms. The SMILES string of the molecule is CCc1ccc(CNC(=O)CCc2c(C)c3c(C)nn(-c4cccc(F)c4)c3n(CC)c2=O)cc1. The van der Waals surface area contributed by atoms with Gasteiger partial charge in [-0.25, -0.2) is 9.07 Å². The Morgan fingerprint density at radius 2 is 1.77 bits per heavy atom. The Hall–Kier alpha value is -3.74. The number of nitrogens with zero attached hydrogens (tertiary/aromatic N) is 3. The van der Waals surface area contributed by atoms with Gasteiger partial charge in [-0.05, 0) is 68.5 Å². The van der Waals surface area contributed by atoms with Crippen LogP contribution >= 0.6 is 0 Å². The highest BCUT2D eigenvalue weighted by Crippen LogP contribution is 2.26. The van der Waals surface area contributed by atoms with Gasteiger partial charge in [0, 0.05) is 30.5 Å². The molecule has 1 N–H and O–H groups in total. The van der Waals surface area contributed by atoms with Crippen molar-refractivity contribution in [2.45, 2.75) is 60.0 Å². The van der Waals surface area contributed by atoms with Crippen molar-refractivity contribution in [3.63, 3.8) is 0 Å². The van der Waals surface area contributed by atoms with Crippen molar-refractivity contribution in [1.29, 1.82) is 0 Å². The molecular weight excluding hydrogens is 443 g/mol. The van der Waals surface area contributed by atoms with Crippen molar-refractivity contribution in [2.75, 3.05) is 0 Å². The highest BCUT2D eigenvalue weighted by atomic mass is 19.1. The van der Waals surface area contributed by atoms with Gasteiger partial charge in [-0.3, -0.25) is 14.2 Å². The third-order valence-corrected chi connectivity index (χ3v) is 6.51. The van der Waals surface area contributed by atoms with Gasteiger partial charge in [0.2, 0.25) is 5.91 Å². The summed E-state index contributed by atoms with van der Waals surface area (Å²) in [5.74, 6) is -0.464. The third-order valence-electron chi connectivity index (χ3n) is 6.51. The summed E-state index contributed by atoms with van der Waals surface area (Å²) in [6.45, 7) is 8.68. The molecule has 0 radical (unpaired) electrons. The minimum atomic E-state index is -0.366. The molecule has 4 rings (SSSR count). The second kappa shape index (κ2) is 10.3. The molecule has 0 saturated carbocycles. The lowest BCUT2D eigenvalue weighted by Gasteiger charge is -2.14. The quantitative estimate of drug-likeness (QED) is 0.400. The lowest BCUT2D eigenvalue weighted by atomic mass is 10.0. The number of hydrogen-bond donors (Lipinski definition) is 1. The fourth-order valence-corrected chi connectivity index (χ4v) is 4.57. The first-order chi connectivity index (χ1) is 16.8. The number of fused-ring (bicyclic) bond motifs is 1. The van der Waals surface area contributed by atoms with Crippen molar-refractivity contribution in [2.24, 2.45) is 0 Å². The Bertz CT molecular complexity index is 1430. The fourth-order valence-electron chi connectivity index (χ4n) is 4.57. The van der Waals surface area contributed by atoms with E-state index in [0.717, 1.165) is 28.6 Å². The number of pyridine rings is 1. The van der Waals surface area contributed by atoms with Gasteiger partial charge in [-0.2, -0.15) is 5.10 Å². The van der Waals surface area contributed by atoms with E-state index in [-0.39, 0.29) is 23.7 Å². The maximum absolute atomic E-state index is 13.9. The molecular formula is C28H31FN4O2. The van der Waals surface area contributed by atoms with Crippen molar-refractivity contribution in [1.82, 2.24) is 19.7 Å². The van der Waals surface area contributed by atoms with E-state index in [9.17, 15) is 14.0 Å². The van der Waals surface area contributed by atoms with Crippen LogP contribution in [0.15, 0.2) is 53.3 Å². The number of amides is 1. The first-order valence-corrected chi connectivity index (χ1v) is 12.1. The van der Waals surface area contributed by atoms with Crippen molar-refractivity contribution >= 4 is 16.9 Å². The highest BCUT2D eigenvalue weighted by molar-refractivity contribution is 5.85. The maximum Gasteiger partial charge on any atom is 0.255 e. The molecule has 0 aliphatic carbocycles. The van der Waals surface area contributed by atoms with Gasteiger partial charge in [-0.1, -0.05) is 37.3 Å². The predicted molar refractivity (Wildman–Crippen MR) is 136 cm³/mol. The van der Waals surface area contributed by atoms with Crippen molar-refractivity contribution in [3.05, 3.63) is 92.6 Å².